The highest BCUT2D eigenvalue weighted by Gasteiger charge is 2.43. The molecule has 272 valence electrons. The largest absolute Gasteiger partial charge is 0.466 e. The Morgan fingerprint density at radius 3 is 2.18 bits per heavy atom. The third-order valence-electron chi connectivity index (χ3n) is 9.06. The van der Waals surface area contributed by atoms with Crippen molar-refractivity contribution in [1.29, 1.82) is 0 Å². The summed E-state index contributed by atoms with van der Waals surface area (Å²) in [5.74, 6) is 0.821. The van der Waals surface area contributed by atoms with Crippen molar-refractivity contribution in [3.63, 3.8) is 0 Å². The van der Waals surface area contributed by atoms with Crippen molar-refractivity contribution in [3.05, 3.63) is 94.7 Å². The van der Waals surface area contributed by atoms with E-state index in [1.807, 2.05) is 45.0 Å². The first-order valence-corrected chi connectivity index (χ1v) is 17.2. The standard InChI is InChI=1S/C37H47FN2O6.C3H7N/c1-9-40(35(43)46-36(4,5)6)32-23-28(38)22-31(24(32)2)37(7,25(3)41)39-20-18-26(19-21-39)30-12-10-11-13-33(30)45-29-16-14-27(15-17-29)34(42)44-8;1-3(2)4/h10-14,16,22-23,26H,9,15,17-21H2,1-8H3;1,4H2,2H3. The van der Waals surface area contributed by atoms with Gasteiger partial charge in [0.05, 0.1) is 12.8 Å². The summed E-state index contributed by atoms with van der Waals surface area (Å²) in [7, 11) is 1.38. The molecule has 2 aliphatic rings. The van der Waals surface area contributed by atoms with Crippen LogP contribution >= 0.6 is 0 Å². The molecule has 0 radical (unpaired) electrons. The number of anilines is 1. The van der Waals surface area contributed by atoms with Gasteiger partial charge in [-0.25, -0.2) is 14.0 Å². The first-order chi connectivity index (χ1) is 23.4. The van der Waals surface area contributed by atoms with Crippen molar-refractivity contribution < 1.29 is 33.0 Å². The maximum atomic E-state index is 15.3. The minimum Gasteiger partial charge on any atom is -0.466 e. The number of para-hydroxylation sites is 1. The number of hydrogen-bond acceptors (Lipinski definition) is 8. The van der Waals surface area contributed by atoms with Gasteiger partial charge in [-0.3, -0.25) is 14.6 Å². The SMILES string of the molecule is C=C(C)N.CCN(C(=O)OC(C)(C)C)c1cc(F)cc(C(C)(C(C)=O)N2CCC(c3ccccc3OC3=CC=C(C(=O)OC)CC3)CC2)c1C. The molecule has 9 nitrogen and oxygen atoms in total. The zero-order chi connectivity index (χ0) is 37.4. The predicted molar refractivity (Wildman–Crippen MR) is 195 cm³/mol. The fourth-order valence-corrected chi connectivity index (χ4v) is 6.44. The van der Waals surface area contributed by atoms with E-state index in [4.69, 9.17) is 19.9 Å². The van der Waals surface area contributed by atoms with Gasteiger partial charge in [-0.15, -0.1) is 0 Å². The molecule has 0 aromatic heterocycles. The maximum absolute atomic E-state index is 15.3. The topological polar surface area (TPSA) is 111 Å². The number of allylic oxidation sites excluding steroid dienone is 4. The molecule has 50 heavy (non-hydrogen) atoms. The van der Waals surface area contributed by atoms with Crippen LogP contribution in [-0.2, 0) is 24.6 Å². The third-order valence-corrected chi connectivity index (χ3v) is 9.06. The second-order valence-corrected chi connectivity index (χ2v) is 14.0. The minimum atomic E-state index is -1.11. The van der Waals surface area contributed by atoms with Crippen LogP contribution < -0.4 is 15.4 Å². The number of carbonyl (C=O) groups is 3. The zero-order valence-electron chi connectivity index (χ0n) is 31.2. The summed E-state index contributed by atoms with van der Waals surface area (Å²) in [5.41, 5.74) is 7.08. The number of amides is 1. The number of piperidine rings is 1. The number of methoxy groups -OCH3 is 1. The summed E-state index contributed by atoms with van der Waals surface area (Å²) in [6.45, 7) is 19.0. The Morgan fingerprint density at radius 1 is 1.04 bits per heavy atom. The van der Waals surface area contributed by atoms with Crippen molar-refractivity contribution in [3.8, 4) is 5.75 Å². The number of nitrogens with two attached hydrogens (primary N) is 1. The van der Waals surface area contributed by atoms with E-state index in [9.17, 15) is 14.4 Å². The number of Topliss-reactive ketones (excluding diaryl/α,β-unsaturated/α-hetero) is 1. The lowest BCUT2D eigenvalue weighted by Gasteiger charge is -2.45. The van der Waals surface area contributed by atoms with E-state index in [0.29, 0.717) is 54.0 Å². The molecular formula is C40H54FN3O6. The molecule has 1 saturated heterocycles. The number of rotatable bonds is 9. The van der Waals surface area contributed by atoms with Crippen molar-refractivity contribution in [1.82, 2.24) is 4.90 Å². The normalized spacial score (nSPS) is 16.4. The van der Waals surface area contributed by atoms with Gasteiger partial charge in [-0.05, 0) is 146 Å². The summed E-state index contributed by atoms with van der Waals surface area (Å²) in [4.78, 5) is 42.0. The third kappa shape index (κ3) is 9.84. The lowest BCUT2D eigenvalue weighted by molar-refractivity contribution is -0.136. The minimum absolute atomic E-state index is 0.0988. The Bertz CT molecular complexity index is 1630. The average molecular weight is 692 g/mol. The van der Waals surface area contributed by atoms with Gasteiger partial charge in [0.15, 0.2) is 5.78 Å². The van der Waals surface area contributed by atoms with Crippen LogP contribution in [0.2, 0.25) is 0 Å². The van der Waals surface area contributed by atoms with E-state index in [-0.39, 0.29) is 24.2 Å². The number of ether oxygens (including phenoxy) is 3. The molecular weight excluding hydrogens is 637 g/mol. The van der Waals surface area contributed by atoms with Gasteiger partial charge in [0.25, 0.3) is 0 Å². The summed E-state index contributed by atoms with van der Waals surface area (Å²) in [6, 6.07) is 10.8. The van der Waals surface area contributed by atoms with Gasteiger partial charge >= 0.3 is 12.1 Å². The molecule has 0 saturated carbocycles. The molecule has 10 heteroatoms. The molecule has 0 bridgehead atoms. The molecule has 2 aromatic carbocycles. The smallest absolute Gasteiger partial charge is 0.414 e. The average Bonchev–Trinajstić information content (AvgIpc) is 3.05. The summed E-state index contributed by atoms with van der Waals surface area (Å²) in [5, 5.41) is 0. The van der Waals surface area contributed by atoms with Crippen molar-refractivity contribution in [2.75, 3.05) is 31.6 Å². The van der Waals surface area contributed by atoms with Gasteiger partial charge < -0.3 is 19.9 Å². The van der Waals surface area contributed by atoms with Gasteiger partial charge in [-0.1, -0.05) is 24.8 Å². The molecule has 1 amide bonds. The molecule has 0 spiro atoms. The van der Waals surface area contributed by atoms with E-state index in [2.05, 4.69) is 17.5 Å². The Morgan fingerprint density at radius 2 is 1.66 bits per heavy atom. The van der Waals surface area contributed by atoms with E-state index in [1.165, 1.54) is 24.1 Å². The molecule has 1 aliphatic carbocycles. The van der Waals surface area contributed by atoms with Crippen LogP contribution in [0.15, 0.2) is 72.2 Å². The highest BCUT2D eigenvalue weighted by atomic mass is 19.1. The second-order valence-electron chi connectivity index (χ2n) is 14.0. The fraction of sp³-hybridized carbons (Fsp3) is 0.475. The molecule has 2 aromatic rings. The Labute approximate surface area is 296 Å². The summed E-state index contributed by atoms with van der Waals surface area (Å²) >= 11 is 0. The van der Waals surface area contributed by atoms with Crippen LogP contribution in [0, 0.1) is 12.7 Å². The zero-order valence-corrected chi connectivity index (χ0v) is 31.2. The van der Waals surface area contributed by atoms with Crippen molar-refractivity contribution >= 4 is 23.5 Å². The van der Waals surface area contributed by atoms with Crippen LogP contribution in [0.5, 0.6) is 5.75 Å². The van der Waals surface area contributed by atoms with E-state index >= 15 is 4.39 Å². The summed E-state index contributed by atoms with van der Waals surface area (Å²) < 4.78 is 32.1. The first-order valence-electron chi connectivity index (χ1n) is 17.2. The monoisotopic (exact) mass is 691 g/mol. The Balaban J connectivity index is 0.00000160. The molecule has 1 heterocycles. The highest BCUT2D eigenvalue weighted by molar-refractivity contribution is 5.92. The molecule has 1 fully saturated rings. The van der Waals surface area contributed by atoms with Crippen LogP contribution in [-0.4, -0.2) is 55.1 Å². The van der Waals surface area contributed by atoms with Gasteiger partial charge in [-0.2, -0.15) is 0 Å². The number of hydrogen-bond donors (Lipinski definition) is 1. The molecule has 4 rings (SSSR count). The number of nitrogens with zero attached hydrogens (tertiary/aromatic N) is 2. The van der Waals surface area contributed by atoms with Crippen LogP contribution in [0.3, 0.4) is 0 Å². The van der Waals surface area contributed by atoms with Crippen LogP contribution in [0.25, 0.3) is 0 Å². The lowest BCUT2D eigenvalue weighted by atomic mass is 9.79. The van der Waals surface area contributed by atoms with Crippen LogP contribution in [0.4, 0.5) is 14.9 Å². The van der Waals surface area contributed by atoms with E-state index in [1.54, 1.807) is 40.7 Å². The first kappa shape index (κ1) is 40.0. The van der Waals surface area contributed by atoms with Gasteiger partial charge in [0.2, 0.25) is 0 Å². The predicted octanol–water partition coefficient (Wildman–Crippen LogP) is 8.21. The lowest BCUT2D eigenvalue weighted by Crippen LogP contribution is -2.52. The van der Waals surface area contributed by atoms with Gasteiger partial charge in [0.1, 0.15) is 28.5 Å². The summed E-state index contributed by atoms with van der Waals surface area (Å²) in [6.07, 6.45) is 5.71. The number of carbonyl (C=O) groups excluding carboxylic acids is 3. The van der Waals surface area contributed by atoms with Crippen LogP contribution in [0.1, 0.15) is 96.8 Å². The Kier molecular flexibility index (Phi) is 13.6. The fourth-order valence-electron chi connectivity index (χ4n) is 6.44. The molecule has 1 atom stereocenters. The molecule has 1 aliphatic heterocycles. The highest BCUT2D eigenvalue weighted by Crippen LogP contribution is 2.42. The molecule has 2 N–H and O–H groups in total. The maximum Gasteiger partial charge on any atom is 0.414 e. The number of halogens is 1. The quantitative estimate of drug-likeness (QED) is 0.262. The number of esters is 1. The van der Waals surface area contributed by atoms with Gasteiger partial charge in [0, 0.05) is 18.5 Å². The number of ketones is 1. The van der Waals surface area contributed by atoms with Crippen molar-refractivity contribution in [2.24, 2.45) is 5.73 Å². The van der Waals surface area contributed by atoms with E-state index in [0.717, 1.165) is 29.9 Å². The second kappa shape index (κ2) is 17.0. The number of likely N-dealkylation sites (tertiary alicyclic amines) is 1. The molecule has 1 unspecified atom stereocenters. The van der Waals surface area contributed by atoms with Crippen molar-refractivity contribution in [2.45, 2.75) is 98.1 Å². The Hall–Kier alpha value is -4.44. The number of benzene rings is 2. The van der Waals surface area contributed by atoms with E-state index < -0.39 is 23.1 Å².